The molecule has 0 fully saturated rings. The smallest absolute Gasteiger partial charge is 0.338 e. The second-order valence-corrected chi connectivity index (χ2v) is 6.56. The van der Waals surface area contributed by atoms with Gasteiger partial charge in [0.2, 0.25) is 0 Å². The number of esters is 2. The summed E-state index contributed by atoms with van der Waals surface area (Å²) in [6.07, 6.45) is 17.0. The molecule has 25 heavy (non-hydrogen) atoms. The van der Waals surface area contributed by atoms with E-state index in [1.165, 1.54) is 64.9 Å². The summed E-state index contributed by atoms with van der Waals surface area (Å²) in [6, 6.07) is 0. The van der Waals surface area contributed by atoms with Crippen LogP contribution in [0.25, 0.3) is 0 Å². The van der Waals surface area contributed by atoms with E-state index in [4.69, 9.17) is 4.74 Å². The molecule has 0 radical (unpaired) electrons. The predicted octanol–water partition coefficient (Wildman–Crippen LogP) is 5.86. The Morgan fingerprint density at radius 1 is 0.760 bits per heavy atom. The van der Waals surface area contributed by atoms with Gasteiger partial charge >= 0.3 is 11.9 Å². The van der Waals surface area contributed by atoms with Gasteiger partial charge in [0.05, 0.1) is 12.7 Å². The summed E-state index contributed by atoms with van der Waals surface area (Å²) >= 11 is 0. The second kappa shape index (κ2) is 15.9. The predicted molar refractivity (Wildman–Crippen MR) is 102 cm³/mol. The third kappa shape index (κ3) is 13.4. The highest BCUT2D eigenvalue weighted by Crippen LogP contribution is 2.12. The first-order valence-corrected chi connectivity index (χ1v) is 9.65. The van der Waals surface area contributed by atoms with E-state index in [1.807, 2.05) is 6.08 Å². The number of carbonyl (C=O) groups excluding carboxylic acids is 2. The fourth-order valence-corrected chi connectivity index (χ4v) is 2.48. The minimum Gasteiger partial charge on any atom is -0.466 e. The molecule has 0 aliphatic heterocycles. The average Bonchev–Trinajstić information content (AvgIpc) is 2.62. The molecule has 4 nitrogen and oxygen atoms in total. The molecule has 0 saturated carbocycles. The molecule has 0 aliphatic carbocycles. The topological polar surface area (TPSA) is 52.6 Å². The van der Waals surface area contributed by atoms with Crippen LogP contribution in [0.1, 0.15) is 91.4 Å². The van der Waals surface area contributed by atoms with Crippen LogP contribution in [0.2, 0.25) is 0 Å². The van der Waals surface area contributed by atoms with Gasteiger partial charge in [0.15, 0.2) is 0 Å². The Morgan fingerprint density at radius 3 is 1.80 bits per heavy atom. The summed E-state index contributed by atoms with van der Waals surface area (Å²) in [5.74, 6) is -0.921. The Hall–Kier alpha value is -1.58. The van der Waals surface area contributed by atoms with E-state index >= 15 is 0 Å². The van der Waals surface area contributed by atoms with Crippen molar-refractivity contribution < 1.29 is 19.1 Å². The van der Waals surface area contributed by atoms with Crippen LogP contribution in [-0.2, 0) is 19.1 Å². The molecule has 144 valence electrons. The van der Waals surface area contributed by atoms with Crippen LogP contribution in [0.3, 0.4) is 0 Å². The zero-order chi connectivity index (χ0) is 18.9. The van der Waals surface area contributed by atoms with Gasteiger partial charge in [0.25, 0.3) is 0 Å². The number of carbonyl (C=O) groups is 2. The van der Waals surface area contributed by atoms with E-state index < -0.39 is 11.9 Å². The lowest BCUT2D eigenvalue weighted by molar-refractivity contribution is -0.136. The van der Waals surface area contributed by atoms with Crippen LogP contribution in [0, 0.1) is 0 Å². The Labute approximate surface area is 153 Å². The second-order valence-electron chi connectivity index (χ2n) is 6.56. The summed E-state index contributed by atoms with van der Waals surface area (Å²) in [5.41, 5.74) is 0.836. The van der Waals surface area contributed by atoms with E-state index in [0.717, 1.165) is 19.1 Å². The van der Waals surface area contributed by atoms with Crippen LogP contribution < -0.4 is 0 Å². The van der Waals surface area contributed by atoms with Crippen molar-refractivity contribution >= 4 is 11.9 Å². The first kappa shape index (κ1) is 23.4. The minimum atomic E-state index is -0.500. The summed E-state index contributed by atoms with van der Waals surface area (Å²) < 4.78 is 9.50. The van der Waals surface area contributed by atoms with Crippen molar-refractivity contribution in [1.29, 1.82) is 0 Å². The Morgan fingerprint density at radius 2 is 1.28 bits per heavy atom. The number of allylic oxidation sites excluding steroid dienone is 1. The van der Waals surface area contributed by atoms with Gasteiger partial charge < -0.3 is 9.47 Å². The molecule has 0 aromatic carbocycles. The molecular weight excluding hydrogens is 316 g/mol. The highest BCUT2D eigenvalue weighted by atomic mass is 16.5. The lowest BCUT2D eigenvalue weighted by Gasteiger charge is -2.03. The molecule has 0 aliphatic rings. The fourth-order valence-electron chi connectivity index (χ4n) is 2.48. The summed E-state index contributed by atoms with van der Waals surface area (Å²) in [5, 5.41) is 0. The summed E-state index contributed by atoms with van der Waals surface area (Å²) in [7, 11) is 1.29. The maximum absolute atomic E-state index is 11.8. The molecule has 0 spiro atoms. The molecule has 0 bridgehead atoms. The van der Waals surface area contributed by atoms with E-state index in [-0.39, 0.29) is 5.57 Å². The van der Waals surface area contributed by atoms with Crippen molar-refractivity contribution in [3.63, 3.8) is 0 Å². The molecule has 0 amide bonds. The molecule has 0 rings (SSSR count). The van der Waals surface area contributed by atoms with Crippen molar-refractivity contribution in [2.75, 3.05) is 7.11 Å². The number of unbranched alkanes of at least 4 members (excludes halogenated alkanes) is 10. The molecule has 0 heterocycles. The molecule has 0 aromatic heterocycles. The third-order valence-electron chi connectivity index (χ3n) is 4.18. The zero-order valence-electron chi connectivity index (χ0n) is 16.6. The van der Waals surface area contributed by atoms with E-state index in [9.17, 15) is 9.59 Å². The number of hydrogen-bond acceptors (Lipinski definition) is 4. The van der Waals surface area contributed by atoms with Crippen LogP contribution in [0.15, 0.2) is 23.5 Å². The van der Waals surface area contributed by atoms with E-state index in [1.54, 1.807) is 13.8 Å². The average molecular weight is 353 g/mol. The van der Waals surface area contributed by atoms with Gasteiger partial charge in [-0.05, 0) is 26.7 Å². The first-order chi connectivity index (χ1) is 12.0. The molecule has 0 aromatic rings. The van der Waals surface area contributed by atoms with Crippen molar-refractivity contribution in [1.82, 2.24) is 0 Å². The highest BCUT2D eigenvalue weighted by molar-refractivity contribution is 5.90. The monoisotopic (exact) mass is 352 g/mol. The number of methoxy groups -OCH3 is 1. The molecule has 0 saturated heterocycles. The van der Waals surface area contributed by atoms with Gasteiger partial charge in [0, 0.05) is 5.57 Å². The highest BCUT2D eigenvalue weighted by Gasteiger charge is 2.07. The van der Waals surface area contributed by atoms with Crippen molar-refractivity contribution in [3.05, 3.63) is 23.5 Å². The van der Waals surface area contributed by atoms with Crippen LogP contribution in [0.4, 0.5) is 0 Å². The molecular formula is C21H36O4. The lowest BCUT2D eigenvalue weighted by Crippen LogP contribution is -2.06. The van der Waals surface area contributed by atoms with Crippen LogP contribution in [0.5, 0.6) is 0 Å². The molecule has 0 atom stereocenters. The van der Waals surface area contributed by atoms with Gasteiger partial charge in [-0.15, -0.1) is 0 Å². The van der Waals surface area contributed by atoms with E-state index in [2.05, 4.69) is 11.7 Å². The van der Waals surface area contributed by atoms with Crippen LogP contribution in [-0.4, -0.2) is 19.0 Å². The van der Waals surface area contributed by atoms with Crippen molar-refractivity contribution in [2.24, 2.45) is 0 Å². The van der Waals surface area contributed by atoms with Crippen molar-refractivity contribution in [2.45, 2.75) is 91.4 Å². The van der Waals surface area contributed by atoms with Gasteiger partial charge in [-0.1, -0.05) is 70.8 Å². The fraction of sp³-hybridized carbons (Fsp3) is 0.714. The standard InChI is InChI=1S/C21H36O4/c1-5-6-7-8-9-10-11-12-13-14-15-16-18(2)21(23)25-17-19(3)20(22)24-4/h16-17H,5-15H2,1-4H3/b18-16+,19-17+. The summed E-state index contributed by atoms with van der Waals surface area (Å²) in [4.78, 5) is 23.0. The Kier molecular flexibility index (Phi) is 14.9. The summed E-state index contributed by atoms with van der Waals surface area (Å²) in [6.45, 7) is 5.53. The SMILES string of the molecule is CCCCCCCCCCCC/C=C(\C)C(=O)O/C=C(\C)C(=O)OC. The quantitative estimate of drug-likeness (QED) is 0.170. The molecule has 0 N–H and O–H groups in total. The largest absolute Gasteiger partial charge is 0.466 e. The maximum atomic E-state index is 11.8. The zero-order valence-corrected chi connectivity index (χ0v) is 16.6. The van der Waals surface area contributed by atoms with Gasteiger partial charge in [0.1, 0.15) is 6.26 Å². The molecule has 4 heteroatoms. The first-order valence-electron chi connectivity index (χ1n) is 9.65. The Balaban J connectivity index is 3.73. The van der Waals surface area contributed by atoms with Gasteiger partial charge in [-0.25, -0.2) is 9.59 Å². The van der Waals surface area contributed by atoms with E-state index in [0.29, 0.717) is 5.57 Å². The molecule has 0 unspecified atom stereocenters. The minimum absolute atomic E-state index is 0.262. The number of ether oxygens (including phenoxy) is 2. The third-order valence-corrected chi connectivity index (χ3v) is 4.18. The lowest BCUT2D eigenvalue weighted by atomic mass is 10.1. The van der Waals surface area contributed by atoms with Gasteiger partial charge in [-0.2, -0.15) is 0 Å². The van der Waals surface area contributed by atoms with Gasteiger partial charge in [-0.3, -0.25) is 0 Å². The number of hydrogen-bond donors (Lipinski definition) is 0. The van der Waals surface area contributed by atoms with Crippen LogP contribution >= 0.6 is 0 Å². The number of rotatable bonds is 14. The maximum Gasteiger partial charge on any atom is 0.338 e. The Bertz CT molecular complexity index is 435. The normalized spacial score (nSPS) is 12.2. The van der Waals surface area contributed by atoms with Crippen molar-refractivity contribution in [3.8, 4) is 0 Å².